The number of benzene rings is 2. The molecule has 0 unspecified atom stereocenters. The molecule has 0 spiro atoms. The summed E-state index contributed by atoms with van der Waals surface area (Å²) in [5.41, 5.74) is 1.43. The van der Waals surface area contributed by atoms with Crippen molar-refractivity contribution in [2.75, 3.05) is 13.7 Å². The first kappa shape index (κ1) is 39.8. The molecule has 0 saturated carbocycles. The fourth-order valence-electron chi connectivity index (χ4n) is 5.73. The molecule has 1 N–H and O–H groups in total. The Kier molecular flexibility index (Phi) is 21.8. The molecule has 2 rings (SSSR count). The van der Waals surface area contributed by atoms with E-state index in [2.05, 4.69) is 12.2 Å². The first-order chi connectivity index (χ1) is 22.9. The molecule has 0 radical (unpaired) electrons. The van der Waals surface area contributed by atoms with Crippen LogP contribution in [-0.2, 0) is 16.0 Å². The van der Waals surface area contributed by atoms with Crippen LogP contribution in [-0.4, -0.2) is 31.5 Å². The van der Waals surface area contributed by atoms with Crippen LogP contribution in [0.1, 0.15) is 158 Å². The van der Waals surface area contributed by atoms with Crippen molar-refractivity contribution in [3.8, 4) is 17.2 Å². The number of carbonyl (C=O) groups excluding carboxylic acids is 3. The van der Waals surface area contributed by atoms with Gasteiger partial charge < -0.3 is 19.5 Å². The number of unbranched alkanes of at least 4 members (excludes halogenated alkanes) is 18. The van der Waals surface area contributed by atoms with Gasteiger partial charge in [0.2, 0.25) is 0 Å². The van der Waals surface area contributed by atoms with E-state index in [4.69, 9.17) is 14.2 Å². The third kappa shape index (κ3) is 19.2. The molecule has 0 aliphatic heterocycles. The Morgan fingerprint density at radius 2 is 1.13 bits per heavy atom. The Labute approximate surface area is 284 Å². The summed E-state index contributed by atoms with van der Waals surface area (Å²) in [5, 5.41) is 2.90. The third-order valence-corrected chi connectivity index (χ3v) is 8.52. The Balaban J connectivity index is 1.50. The van der Waals surface area contributed by atoms with E-state index in [9.17, 15) is 14.4 Å². The van der Waals surface area contributed by atoms with E-state index < -0.39 is 0 Å². The van der Waals surface area contributed by atoms with Gasteiger partial charge in [-0.3, -0.25) is 14.4 Å². The van der Waals surface area contributed by atoms with Crippen molar-refractivity contribution in [1.82, 2.24) is 5.32 Å². The molecule has 262 valence electrons. The zero-order valence-corrected chi connectivity index (χ0v) is 29.5. The maximum absolute atomic E-state index is 12.7. The van der Waals surface area contributed by atoms with Gasteiger partial charge in [-0.25, -0.2) is 0 Å². The number of ether oxygens (including phenoxy) is 3. The Bertz CT molecular complexity index is 1150. The molecule has 0 aliphatic rings. The largest absolute Gasteiger partial charge is 0.493 e. The lowest BCUT2D eigenvalue weighted by atomic mass is 10.0. The van der Waals surface area contributed by atoms with Crippen molar-refractivity contribution in [1.29, 1.82) is 0 Å². The van der Waals surface area contributed by atoms with Gasteiger partial charge in [-0.2, -0.15) is 0 Å². The standard InChI is InChI=1S/C40H61NO6/c1-4-5-6-7-8-9-10-11-12-13-14-15-16-17-18-19-20-21-22-23-39(43)47-37-29-26-35(32-38(37)45-3)40(44)41-31-30-34-24-27-36(28-25-34)46-33(2)42/h24-29,32H,4-23,30-31H2,1-3H3,(H,41,44). The minimum absolute atomic E-state index is 0.244. The first-order valence-corrected chi connectivity index (χ1v) is 18.4. The number of amides is 1. The lowest BCUT2D eigenvalue weighted by molar-refractivity contribution is -0.134. The first-order valence-electron chi connectivity index (χ1n) is 18.4. The molecule has 0 aliphatic carbocycles. The van der Waals surface area contributed by atoms with E-state index in [0.717, 1.165) is 24.8 Å². The summed E-state index contributed by atoms with van der Waals surface area (Å²) in [6.45, 7) is 4.07. The predicted octanol–water partition coefficient (Wildman–Crippen LogP) is 10.3. The van der Waals surface area contributed by atoms with Crippen LogP contribution >= 0.6 is 0 Å². The second-order valence-corrected chi connectivity index (χ2v) is 12.7. The number of rotatable bonds is 27. The lowest BCUT2D eigenvalue weighted by Gasteiger charge is -2.11. The number of carbonyl (C=O) groups is 3. The van der Waals surface area contributed by atoms with Crippen molar-refractivity contribution in [3.63, 3.8) is 0 Å². The summed E-state index contributed by atoms with van der Waals surface area (Å²) in [5.74, 6) is 0.264. The molecule has 2 aromatic rings. The summed E-state index contributed by atoms with van der Waals surface area (Å²) >= 11 is 0. The molecule has 47 heavy (non-hydrogen) atoms. The lowest BCUT2D eigenvalue weighted by Crippen LogP contribution is -2.25. The number of nitrogens with one attached hydrogen (secondary N) is 1. The Hall–Kier alpha value is -3.35. The van der Waals surface area contributed by atoms with Crippen molar-refractivity contribution in [2.24, 2.45) is 0 Å². The smallest absolute Gasteiger partial charge is 0.311 e. The van der Waals surface area contributed by atoms with Crippen LogP contribution in [0.3, 0.4) is 0 Å². The minimum Gasteiger partial charge on any atom is -0.493 e. The van der Waals surface area contributed by atoms with Gasteiger partial charge >= 0.3 is 11.9 Å². The van der Waals surface area contributed by atoms with Crippen molar-refractivity contribution in [2.45, 2.75) is 149 Å². The molecule has 0 aromatic heterocycles. The summed E-state index contributed by atoms with van der Waals surface area (Å²) in [7, 11) is 1.49. The van der Waals surface area contributed by atoms with Gasteiger partial charge in [0.15, 0.2) is 11.5 Å². The fourth-order valence-corrected chi connectivity index (χ4v) is 5.73. The third-order valence-electron chi connectivity index (χ3n) is 8.52. The van der Waals surface area contributed by atoms with Crippen LogP contribution in [0.15, 0.2) is 42.5 Å². The molecule has 0 bridgehead atoms. The highest BCUT2D eigenvalue weighted by atomic mass is 16.6. The maximum Gasteiger partial charge on any atom is 0.311 e. The SMILES string of the molecule is CCCCCCCCCCCCCCCCCCCCCC(=O)Oc1ccc(C(=O)NCCc2ccc(OC(C)=O)cc2)cc1OC. The molecule has 0 fully saturated rings. The molecule has 7 heteroatoms. The van der Waals surface area contributed by atoms with Crippen LogP contribution in [0.25, 0.3) is 0 Å². The molecular weight excluding hydrogens is 590 g/mol. The number of esters is 2. The van der Waals surface area contributed by atoms with E-state index in [0.29, 0.717) is 42.2 Å². The van der Waals surface area contributed by atoms with Gasteiger partial charge in [0.1, 0.15) is 5.75 Å². The zero-order valence-electron chi connectivity index (χ0n) is 29.5. The normalized spacial score (nSPS) is 10.9. The van der Waals surface area contributed by atoms with E-state index in [1.165, 1.54) is 117 Å². The maximum atomic E-state index is 12.7. The van der Waals surface area contributed by atoms with Crippen molar-refractivity contribution in [3.05, 3.63) is 53.6 Å². The van der Waals surface area contributed by atoms with Crippen LogP contribution < -0.4 is 19.5 Å². The second-order valence-electron chi connectivity index (χ2n) is 12.7. The summed E-state index contributed by atoms with van der Waals surface area (Å²) < 4.78 is 16.0. The molecule has 7 nitrogen and oxygen atoms in total. The van der Waals surface area contributed by atoms with Crippen molar-refractivity contribution >= 4 is 17.8 Å². The zero-order chi connectivity index (χ0) is 34.0. The molecule has 2 aromatic carbocycles. The molecular formula is C40H61NO6. The Morgan fingerprint density at radius 3 is 1.62 bits per heavy atom. The predicted molar refractivity (Wildman–Crippen MR) is 190 cm³/mol. The summed E-state index contributed by atoms with van der Waals surface area (Å²) in [6, 6.07) is 12.0. The van der Waals surface area contributed by atoms with Gasteiger partial charge in [-0.15, -0.1) is 0 Å². The van der Waals surface area contributed by atoms with E-state index in [-0.39, 0.29) is 17.8 Å². The van der Waals surface area contributed by atoms with Gasteiger partial charge in [0, 0.05) is 25.5 Å². The Morgan fingerprint density at radius 1 is 0.617 bits per heavy atom. The molecule has 0 heterocycles. The van der Waals surface area contributed by atoms with Crippen LogP contribution in [0, 0.1) is 0 Å². The summed E-state index contributed by atoms with van der Waals surface area (Å²) in [6.07, 6.45) is 26.0. The van der Waals surface area contributed by atoms with Crippen molar-refractivity contribution < 1.29 is 28.6 Å². The average Bonchev–Trinajstić information content (AvgIpc) is 3.06. The van der Waals surface area contributed by atoms with Crippen LogP contribution in [0.2, 0.25) is 0 Å². The number of methoxy groups -OCH3 is 1. The van der Waals surface area contributed by atoms with E-state index in [1.54, 1.807) is 30.3 Å². The number of hydrogen-bond acceptors (Lipinski definition) is 6. The van der Waals surface area contributed by atoms with Crippen LogP contribution in [0.4, 0.5) is 0 Å². The molecule has 0 atom stereocenters. The highest BCUT2D eigenvalue weighted by Gasteiger charge is 2.14. The van der Waals surface area contributed by atoms with Gasteiger partial charge in [0.25, 0.3) is 5.91 Å². The quantitative estimate of drug-likeness (QED) is 0.0587. The van der Waals surface area contributed by atoms with E-state index >= 15 is 0 Å². The monoisotopic (exact) mass is 651 g/mol. The second kappa shape index (κ2) is 25.7. The highest BCUT2D eigenvalue weighted by molar-refractivity contribution is 5.95. The van der Waals surface area contributed by atoms with Crippen LogP contribution in [0.5, 0.6) is 17.2 Å². The van der Waals surface area contributed by atoms with E-state index in [1.807, 2.05) is 12.1 Å². The highest BCUT2D eigenvalue weighted by Crippen LogP contribution is 2.29. The van der Waals surface area contributed by atoms with Gasteiger partial charge in [-0.05, 0) is 48.7 Å². The molecule has 1 amide bonds. The molecule has 0 saturated heterocycles. The van der Waals surface area contributed by atoms with Gasteiger partial charge in [-0.1, -0.05) is 135 Å². The fraction of sp³-hybridized carbons (Fsp3) is 0.625. The summed E-state index contributed by atoms with van der Waals surface area (Å²) in [4.78, 5) is 36.2. The average molecular weight is 652 g/mol. The van der Waals surface area contributed by atoms with Gasteiger partial charge in [0.05, 0.1) is 7.11 Å². The topological polar surface area (TPSA) is 90.9 Å². The number of hydrogen-bond donors (Lipinski definition) is 1. The minimum atomic E-state index is -0.364.